The van der Waals surface area contributed by atoms with Crippen LogP contribution in [0.2, 0.25) is 0 Å². The molecule has 1 aliphatic heterocycles. The van der Waals surface area contributed by atoms with Crippen molar-refractivity contribution in [2.75, 3.05) is 26.7 Å². The molecule has 0 radical (unpaired) electrons. The molecular formula is C15H19F3N4O4S. The number of nitrogens with zero attached hydrogens (tertiary/aromatic N) is 2. The van der Waals surface area contributed by atoms with E-state index in [2.05, 4.69) is 9.82 Å². The normalized spacial score (nSPS) is 18.7. The van der Waals surface area contributed by atoms with E-state index in [1.165, 1.54) is 6.07 Å². The second-order valence-electron chi connectivity index (χ2n) is 6.64. The first-order valence-electron chi connectivity index (χ1n) is 8.12. The highest BCUT2D eigenvalue weighted by molar-refractivity contribution is 7.89. The summed E-state index contributed by atoms with van der Waals surface area (Å²) in [6, 6.07) is 3.07. The number of aromatic amines is 1. The Bertz CT molecular complexity index is 898. The number of aliphatic hydroxyl groups is 1. The summed E-state index contributed by atoms with van der Waals surface area (Å²) < 4.78 is 70.0. The van der Waals surface area contributed by atoms with E-state index in [0.717, 1.165) is 12.1 Å². The number of likely N-dealkylation sites (tertiary alicyclic amines) is 1. The van der Waals surface area contributed by atoms with Crippen molar-refractivity contribution in [1.29, 1.82) is 0 Å². The molecule has 0 amide bonds. The van der Waals surface area contributed by atoms with Crippen LogP contribution in [0.1, 0.15) is 18.5 Å². The largest absolute Gasteiger partial charge is 0.442 e. The van der Waals surface area contributed by atoms with E-state index >= 15 is 0 Å². The van der Waals surface area contributed by atoms with Gasteiger partial charge in [-0.15, -0.1) is 0 Å². The fraction of sp³-hybridized carbons (Fsp3) is 0.533. The maximum absolute atomic E-state index is 12.6. The van der Waals surface area contributed by atoms with Crippen LogP contribution in [0.3, 0.4) is 0 Å². The summed E-state index contributed by atoms with van der Waals surface area (Å²) in [5.74, 6) is -0.125. The molecule has 3 rings (SSSR count). The molecule has 0 aromatic carbocycles. The Labute approximate surface area is 153 Å². The molecule has 2 aromatic rings. The minimum absolute atomic E-state index is 0.125. The summed E-state index contributed by atoms with van der Waals surface area (Å²) in [4.78, 5) is 2.03. The molecule has 1 fully saturated rings. The molecule has 0 unspecified atom stereocenters. The molecule has 3 heterocycles. The lowest BCUT2D eigenvalue weighted by molar-refractivity contribution is -0.141. The fourth-order valence-corrected chi connectivity index (χ4v) is 3.76. The Morgan fingerprint density at radius 3 is 2.63 bits per heavy atom. The van der Waals surface area contributed by atoms with Crippen LogP contribution in [0, 0.1) is 0 Å². The molecule has 0 saturated carbocycles. The Morgan fingerprint density at radius 2 is 2.04 bits per heavy atom. The molecule has 0 aliphatic carbocycles. The van der Waals surface area contributed by atoms with Crippen molar-refractivity contribution in [3.8, 4) is 11.5 Å². The zero-order valence-electron chi connectivity index (χ0n) is 14.4. The number of sulfonamides is 1. The van der Waals surface area contributed by atoms with Gasteiger partial charge in [-0.2, -0.15) is 18.3 Å². The summed E-state index contributed by atoms with van der Waals surface area (Å²) in [6.45, 7) is 1.10. The molecule has 0 spiro atoms. The standard InChI is InChI=1S/C15H19F3N4O4S/c1-22-6-4-14(23,5-7-22)9-19-27(24,25)13-3-2-11(26-13)10-8-12(21-20-10)15(16,17)18/h2-3,8,19,23H,4-7,9H2,1H3,(H,20,21). The van der Waals surface area contributed by atoms with Gasteiger partial charge in [-0.05, 0) is 38.1 Å². The third kappa shape index (κ3) is 4.51. The van der Waals surface area contributed by atoms with E-state index in [0.29, 0.717) is 25.9 Å². The average molecular weight is 408 g/mol. The number of hydrogen-bond acceptors (Lipinski definition) is 6. The predicted octanol–water partition coefficient (Wildman–Crippen LogP) is 1.42. The van der Waals surface area contributed by atoms with Crippen LogP contribution >= 0.6 is 0 Å². The minimum atomic E-state index is -4.60. The first-order valence-corrected chi connectivity index (χ1v) is 9.60. The number of nitrogens with one attached hydrogen (secondary N) is 2. The second-order valence-corrected chi connectivity index (χ2v) is 8.33. The van der Waals surface area contributed by atoms with E-state index in [1.54, 1.807) is 0 Å². The molecule has 0 atom stereocenters. The van der Waals surface area contributed by atoms with Crippen LogP contribution in [-0.2, 0) is 16.2 Å². The number of furan rings is 1. The Hall–Kier alpha value is -1.89. The summed E-state index contributed by atoms with van der Waals surface area (Å²) in [5.41, 5.74) is -2.39. The lowest BCUT2D eigenvalue weighted by atomic mass is 9.92. The van der Waals surface area contributed by atoms with Crippen LogP contribution in [0.4, 0.5) is 13.2 Å². The van der Waals surface area contributed by atoms with Crippen LogP contribution in [0.15, 0.2) is 27.7 Å². The summed E-state index contributed by atoms with van der Waals surface area (Å²) in [7, 11) is -2.16. The number of H-pyrrole nitrogens is 1. The first kappa shape index (κ1) is 19.9. The van der Waals surface area contributed by atoms with Gasteiger partial charge < -0.3 is 14.4 Å². The van der Waals surface area contributed by atoms with Crippen LogP contribution in [-0.4, -0.2) is 60.9 Å². The van der Waals surface area contributed by atoms with Crippen molar-refractivity contribution in [1.82, 2.24) is 19.8 Å². The Morgan fingerprint density at radius 1 is 1.37 bits per heavy atom. The van der Waals surface area contributed by atoms with Gasteiger partial charge in [0.2, 0.25) is 5.09 Å². The number of hydrogen-bond donors (Lipinski definition) is 3. The topological polar surface area (TPSA) is 111 Å². The van der Waals surface area contributed by atoms with Gasteiger partial charge in [0, 0.05) is 19.6 Å². The van der Waals surface area contributed by atoms with Gasteiger partial charge in [-0.25, -0.2) is 13.1 Å². The molecule has 3 N–H and O–H groups in total. The Kier molecular flexibility index (Phi) is 5.10. The number of aromatic nitrogens is 2. The van der Waals surface area contributed by atoms with Crippen molar-refractivity contribution in [3.05, 3.63) is 23.9 Å². The quantitative estimate of drug-likeness (QED) is 0.690. The van der Waals surface area contributed by atoms with Crippen molar-refractivity contribution in [2.24, 2.45) is 0 Å². The number of piperidine rings is 1. The van der Waals surface area contributed by atoms with Gasteiger partial charge in [0.25, 0.3) is 10.0 Å². The van der Waals surface area contributed by atoms with Crippen molar-refractivity contribution >= 4 is 10.0 Å². The SMILES string of the molecule is CN1CCC(O)(CNS(=O)(=O)c2ccc(-c3cc(C(F)(F)F)[nH]n3)o2)CC1. The molecule has 150 valence electrons. The summed E-state index contributed by atoms with van der Waals surface area (Å²) in [5, 5.41) is 15.3. The highest BCUT2D eigenvalue weighted by Gasteiger charge is 2.35. The average Bonchev–Trinajstić information content (AvgIpc) is 3.25. The van der Waals surface area contributed by atoms with E-state index in [9.17, 15) is 26.7 Å². The number of rotatable bonds is 5. The first-order chi connectivity index (χ1) is 12.5. The zero-order valence-corrected chi connectivity index (χ0v) is 15.2. The van der Waals surface area contributed by atoms with E-state index in [4.69, 9.17) is 4.42 Å². The van der Waals surface area contributed by atoms with Gasteiger partial charge in [-0.1, -0.05) is 0 Å². The van der Waals surface area contributed by atoms with Crippen LogP contribution in [0.25, 0.3) is 11.5 Å². The van der Waals surface area contributed by atoms with E-state index in [-0.39, 0.29) is 18.0 Å². The maximum atomic E-state index is 12.6. The van der Waals surface area contributed by atoms with Gasteiger partial charge in [0.1, 0.15) is 11.4 Å². The van der Waals surface area contributed by atoms with Crippen LogP contribution < -0.4 is 4.72 Å². The summed E-state index contributed by atoms with van der Waals surface area (Å²) >= 11 is 0. The number of halogens is 3. The smallest absolute Gasteiger partial charge is 0.432 e. The lowest BCUT2D eigenvalue weighted by Crippen LogP contribution is -2.49. The van der Waals surface area contributed by atoms with Gasteiger partial charge >= 0.3 is 6.18 Å². The molecule has 1 saturated heterocycles. The third-order valence-electron chi connectivity index (χ3n) is 4.49. The predicted molar refractivity (Wildman–Crippen MR) is 88.2 cm³/mol. The number of alkyl halides is 3. The van der Waals surface area contributed by atoms with E-state index in [1.807, 2.05) is 17.0 Å². The Balaban J connectivity index is 1.70. The monoisotopic (exact) mass is 408 g/mol. The lowest BCUT2D eigenvalue weighted by Gasteiger charge is -2.36. The van der Waals surface area contributed by atoms with Gasteiger partial charge in [0.05, 0.1) is 5.60 Å². The third-order valence-corrected chi connectivity index (χ3v) is 5.76. The molecular weight excluding hydrogens is 389 g/mol. The molecule has 2 aromatic heterocycles. The van der Waals surface area contributed by atoms with Crippen LogP contribution in [0.5, 0.6) is 0 Å². The minimum Gasteiger partial charge on any atom is -0.442 e. The maximum Gasteiger partial charge on any atom is 0.432 e. The second kappa shape index (κ2) is 6.93. The van der Waals surface area contributed by atoms with Gasteiger partial charge in [-0.3, -0.25) is 5.10 Å². The van der Waals surface area contributed by atoms with Crippen molar-refractivity contribution < 1.29 is 31.1 Å². The molecule has 12 heteroatoms. The highest BCUT2D eigenvalue weighted by atomic mass is 32.2. The van der Waals surface area contributed by atoms with Crippen molar-refractivity contribution in [2.45, 2.75) is 29.7 Å². The zero-order chi connectivity index (χ0) is 19.9. The molecule has 27 heavy (non-hydrogen) atoms. The molecule has 0 bridgehead atoms. The molecule has 8 nitrogen and oxygen atoms in total. The van der Waals surface area contributed by atoms with E-state index < -0.39 is 32.6 Å². The highest BCUT2D eigenvalue weighted by Crippen LogP contribution is 2.31. The molecule has 1 aliphatic rings. The fourth-order valence-electron chi connectivity index (χ4n) is 2.71. The van der Waals surface area contributed by atoms with Gasteiger partial charge in [0.15, 0.2) is 5.76 Å². The van der Waals surface area contributed by atoms with Crippen molar-refractivity contribution in [3.63, 3.8) is 0 Å². The summed E-state index contributed by atoms with van der Waals surface area (Å²) in [6.07, 6.45) is -3.76.